The molecule has 2 heterocycles. The first kappa shape index (κ1) is 20.3. The monoisotopic (exact) mass is 413 g/mol. The molecular weight excluding hydrogens is 390 g/mol. The Kier molecular flexibility index (Phi) is 6.31. The molecule has 28 heavy (non-hydrogen) atoms. The molecule has 0 atom stereocenters. The summed E-state index contributed by atoms with van der Waals surface area (Å²) in [5.74, 6) is -0.644. The van der Waals surface area contributed by atoms with Gasteiger partial charge in [0, 0.05) is 15.8 Å². The van der Waals surface area contributed by atoms with Crippen molar-refractivity contribution in [3.8, 4) is 11.1 Å². The van der Waals surface area contributed by atoms with Crippen molar-refractivity contribution < 1.29 is 14.3 Å². The van der Waals surface area contributed by atoms with Crippen molar-refractivity contribution in [1.29, 1.82) is 0 Å². The Morgan fingerprint density at radius 1 is 1.11 bits per heavy atom. The average Bonchev–Trinajstić information content (AvgIpc) is 3.27. The van der Waals surface area contributed by atoms with Gasteiger partial charge in [0.15, 0.2) is 0 Å². The number of rotatable bonds is 6. The Morgan fingerprint density at radius 3 is 2.39 bits per heavy atom. The Hall–Kier alpha value is -2.44. The summed E-state index contributed by atoms with van der Waals surface area (Å²) in [4.78, 5) is 27.1. The van der Waals surface area contributed by atoms with E-state index < -0.39 is 5.97 Å². The topological polar surface area (TPSA) is 55.4 Å². The summed E-state index contributed by atoms with van der Waals surface area (Å²) in [7, 11) is 0. The van der Waals surface area contributed by atoms with Crippen LogP contribution in [0, 0.1) is 6.92 Å². The Labute approximate surface area is 173 Å². The standard InChI is InChI=1S/C22H23NO3S2/c1-5-15-7-9-16(10-8-15)17-12-27-21(19(17)22(25)26-13(2)3)23-20(24)18-11-6-14(4)28-18/h6-13H,5H2,1-4H3,(H,23,24). The molecule has 2 aromatic heterocycles. The van der Waals surface area contributed by atoms with Gasteiger partial charge in [-0.3, -0.25) is 4.79 Å². The minimum absolute atomic E-state index is 0.216. The van der Waals surface area contributed by atoms with Gasteiger partial charge < -0.3 is 10.1 Å². The molecule has 4 nitrogen and oxygen atoms in total. The van der Waals surface area contributed by atoms with Crippen LogP contribution in [-0.4, -0.2) is 18.0 Å². The summed E-state index contributed by atoms with van der Waals surface area (Å²) in [6, 6.07) is 11.8. The maximum absolute atomic E-state index is 12.8. The number of nitrogens with one attached hydrogen (secondary N) is 1. The van der Waals surface area contributed by atoms with E-state index in [4.69, 9.17) is 4.74 Å². The first-order valence-electron chi connectivity index (χ1n) is 9.18. The fourth-order valence-corrected chi connectivity index (χ4v) is 4.49. The van der Waals surface area contributed by atoms with Crippen molar-refractivity contribution in [2.24, 2.45) is 0 Å². The van der Waals surface area contributed by atoms with Gasteiger partial charge in [-0.05, 0) is 50.5 Å². The van der Waals surface area contributed by atoms with Gasteiger partial charge in [0.05, 0.1) is 11.0 Å². The number of thiophene rings is 2. The van der Waals surface area contributed by atoms with E-state index in [0.717, 1.165) is 22.4 Å². The third kappa shape index (κ3) is 4.51. The van der Waals surface area contributed by atoms with E-state index in [2.05, 4.69) is 24.4 Å². The minimum Gasteiger partial charge on any atom is -0.459 e. The predicted molar refractivity (Wildman–Crippen MR) is 117 cm³/mol. The van der Waals surface area contributed by atoms with Crippen LogP contribution in [0.25, 0.3) is 11.1 Å². The number of amides is 1. The highest BCUT2D eigenvalue weighted by molar-refractivity contribution is 7.16. The van der Waals surface area contributed by atoms with E-state index in [1.54, 1.807) is 6.07 Å². The van der Waals surface area contributed by atoms with Crippen LogP contribution < -0.4 is 5.32 Å². The van der Waals surface area contributed by atoms with Crippen LogP contribution >= 0.6 is 22.7 Å². The van der Waals surface area contributed by atoms with Crippen LogP contribution in [0.15, 0.2) is 41.8 Å². The summed E-state index contributed by atoms with van der Waals surface area (Å²) in [5.41, 5.74) is 3.34. The van der Waals surface area contributed by atoms with Crippen LogP contribution in [0.3, 0.4) is 0 Å². The quantitative estimate of drug-likeness (QED) is 0.492. The molecule has 1 N–H and O–H groups in total. The molecule has 1 aromatic carbocycles. The van der Waals surface area contributed by atoms with Crippen molar-refractivity contribution in [1.82, 2.24) is 0 Å². The first-order valence-corrected chi connectivity index (χ1v) is 10.9. The number of hydrogen-bond acceptors (Lipinski definition) is 5. The molecule has 0 saturated carbocycles. The number of aryl methyl sites for hydroxylation is 2. The average molecular weight is 414 g/mol. The van der Waals surface area contributed by atoms with Crippen molar-refractivity contribution in [2.75, 3.05) is 5.32 Å². The molecule has 3 aromatic rings. The SMILES string of the molecule is CCc1ccc(-c2csc(NC(=O)c3ccc(C)s3)c2C(=O)OC(C)C)cc1. The maximum atomic E-state index is 12.8. The third-order valence-electron chi connectivity index (χ3n) is 4.20. The zero-order valence-electron chi connectivity index (χ0n) is 16.4. The predicted octanol–water partition coefficient (Wildman–Crippen LogP) is 6.16. The van der Waals surface area contributed by atoms with Gasteiger partial charge in [0.25, 0.3) is 5.91 Å². The Morgan fingerprint density at radius 2 is 1.82 bits per heavy atom. The lowest BCUT2D eigenvalue weighted by Crippen LogP contribution is -2.16. The molecule has 0 bridgehead atoms. The summed E-state index contributed by atoms with van der Waals surface area (Å²) in [6.07, 6.45) is 0.708. The molecule has 3 rings (SSSR count). The number of esters is 1. The van der Waals surface area contributed by atoms with Crippen molar-refractivity contribution in [3.63, 3.8) is 0 Å². The second-order valence-corrected chi connectivity index (χ2v) is 8.89. The van der Waals surface area contributed by atoms with Crippen LogP contribution in [0.4, 0.5) is 5.00 Å². The molecule has 0 unspecified atom stereocenters. The van der Waals surface area contributed by atoms with E-state index in [9.17, 15) is 9.59 Å². The van der Waals surface area contributed by atoms with Gasteiger partial charge in [-0.1, -0.05) is 31.2 Å². The van der Waals surface area contributed by atoms with Gasteiger partial charge in [-0.2, -0.15) is 0 Å². The molecular formula is C22H23NO3S2. The highest BCUT2D eigenvalue weighted by Crippen LogP contribution is 2.37. The first-order chi connectivity index (χ1) is 13.4. The van der Waals surface area contributed by atoms with E-state index in [-0.39, 0.29) is 12.0 Å². The number of hydrogen-bond donors (Lipinski definition) is 1. The second kappa shape index (κ2) is 8.71. The zero-order valence-corrected chi connectivity index (χ0v) is 18.0. The Balaban J connectivity index is 1.98. The molecule has 0 radical (unpaired) electrons. The lowest BCUT2D eigenvalue weighted by molar-refractivity contribution is 0.0380. The zero-order chi connectivity index (χ0) is 20.3. The van der Waals surface area contributed by atoms with Gasteiger partial charge in [-0.15, -0.1) is 22.7 Å². The maximum Gasteiger partial charge on any atom is 0.342 e. The number of carbonyl (C=O) groups is 2. The fraction of sp³-hybridized carbons (Fsp3) is 0.273. The molecule has 0 aliphatic rings. The normalized spacial score (nSPS) is 10.9. The van der Waals surface area contributed by atoms with Crippen molar-refractivity contribution >= 4 is 39.6 Å². The highest BCUT2D eigenvalue weighted by Gasteiger charge is 2.24. The molecule has 0 fully saturated rings. The third-order valence-corrected chi connectivity index (χ3v) is 6.10. The number of anilines is 1. The lowest BCUT2D eigenvalue weighted by atomic mass is 10.0. The lowest BCUT2D eigenvalue weighted by Gasteiger charge is -2.11. The van der Waals surface area contributed by atoms with Gasteiger partial charge >= 0.3 is 5.97 Å². The molecule has 6 heteroatoms. The van der Waals surface area contributed by atoms with E-state index >= 15 is 0 Å². The molecule has 0 spiro atoms. The van der Waals surface area contributed by atoms with E-state index in [0.29, 0.717) is 15.4 Å². The summed E-state index contributed by atoms with van der Waals surface area (Å²) in [5, 5.41) is 5.30. The van der Waals surface area contributed by atoms with Crippen LogP contribution in [-0.2, 0) is 11.2 Å². The van der Waals surface area contributed by atoms with Crippen LogP contribution in [0.2, 0.25) is 0 Å². The minimum atomic E-state index is -0.427. The van der Waals surface area contributed by atoms with Gasteiger partial charge in [0.2, 0.25) is 0 Å². The largest absolute Gasteiger partial charge is 0.459 e. The summed E-state index contributed by atoms with van der Waals surface area (Å²) in [6.45, 7) is 7.68. The molecule has 146 valence electrons. The van der Waals surface area contributed by atoms with Crippen LogP contribution in [0.1, 0.15) is 51.2 Å². The van der Waals surface area contributed by atoms with E-state index in [1.165, 1.54) is 28.2 Å². The molecule has 0 aliphatic heterocycles. The fourth-order valence-electron chi connectivity index (χ4n) is 2.78. The Bertz CT molecular complexity index is 984. The summed E-state index contributed by atoms with van der Waals surface area (Å²) >= 11 is 2.76. The van der Waals surface area contributed by atoms with Crippen LogP contribution in [0.5, 0.6) is 0 Å². The second-order valence-electron chi connectivity index (χ2n) is 6.72. The van der Waals surface area contributed by atoms with Gasteiger partial charge in [0.1, 0.15) is 10.6 Å². The molecule has 0 saturated heterocycles. The van der Waals surface area contributed by atoms with Gasteiger partial charge in [-0.25, -0.2) is 4.79 Å². The highest BCUT2D eigenvalue weighted by atomic mass is 32.1. The number of benzene rings is 1. The van der Waals surface area contributed by atoms with E-state index in [1.807, 2.05) is 44.4 Å². The van der Waals surface area contributed by atoms with Crippen molar-refractivity contribution in [3.05, 3.63) is 62.7 Å². The summed E-state index contributed by atoms with van der Waals surface area (Å²) < 4.78 is 5.45. The number of ether oxygens (including phenoxy) is 1. The smallest absolute Gasteiger partial charge is 0.342 e. The molecule has 1 amide bonds. The molecule has 0 aliphatic carbocycles. The number of carbonyl (C=O) groups excluding carboxylic acids is 2. The van der Waals surface area contributed by atoms with Crippen molar-refractivity contribution in [2.45, 2.75) is 40.2 Å².